The van der Waals surface area contributed by atoms with Crippen LogP contribution < -0.4 is 5.32 Å². The summed E-state index contributed by atoms with van der Waals surface area (Å²) < 4.78 is 0. The van der Waals surface area contributed by atoms with Gasteiger partial charge in [-0.15, -0.1) is 0 Å². The number of pyridine rings is 1. The molecule has 106 valence electrons. The second-order valence-corrected chi connectivity index (χ2v) is 5.24. The number of nitrogens with one attached hydrogen (secondary N) is 1. The van der Waals surface area contributed by atoms with Crippen LogP contribution in [0, 0.1) is 0 Å². The molecular weight excluding hydrogens is 270 g/mol. The zero-order chi connectivity index (χ0) is 14.2. The number of halogens is 1. The average Bonchev–Trinajstić information content (AvgIpc) is 2.48. The van der Waals surface area contributed by atoms with E-state index in [2.05, 4.69) is 28.3 Å². The van der Waals surface area contributed by atoms with Crippen molar-refractivity contribution < 1.29 is 0 Å². The minimum absolute atomic E-state index is 0.767. The number of likely N-dealkylation sites (N-methyl/N-ethyl adjacent to an activating group) is 1. The molecule has 0 atom stereocenters. The van der Waals surface area contributed by atoms with Gasteiger partial charge in [-0.05, 0) is 43.4 Å². The zero-order valence-electron chi connectivity index (χ0n) is 11.7. The average molecular weight is 290 g/mol. The summed E-state index contributed by atoms with van der Waals surface area (Å²) in [5.74, 6) is 0. The monoisotopic (exact) mass is 289 g/mol. The summed E-state index contributed by atoms with van der Waals surface area (Å²) in [6, 6.07) is 13.8. The second-order valence-electron chi connectivity index (χ2n) is 4.81. The molecule has 0 amide bonds. The van der Waals surface area contributed by atoms with Crippen LogP contribution in [-0.2, 0) is 6.42 Å². The highest BCUT2D eigenvalue weighted by atomic mass is 35.5. The van der Waals surface area contributed by atoms with Gasteiger partial charge in [0.15, 0.2) is 0 Å². The summed E-state index contributed by atoms with van der Waals surface area (Å²) >= 11 is 5.85. The summed E-state index contributed by atoms with van der Waals surface area (Å²) in [5.41, 5.74) is 2.25. The summed E-state index contributed by atoms with van der Waals surface area (Å²) in [6.45, 7) is 2.93. The van der Waals surface area contributed by atoms with Crippen LogP contribution in [0.3, 0.4) is 0 Å². The molecule has 0 saturated heterocycles. The Hall–Kier alpha value is -1.58. The van der Waals surface area contributed by atoms with E-state index in [4.69, 9.17) is 11.6 Å². The third-order valence-electron chi connectivity index (χ3n) is 3.14. The van der Waals surface area contributed by atoms with E-state index in [1.165, 1.54) is 0 Å². The Kier molecular flexibility index (Phi) is 5.84. The number of aromatic nitrogens is 1. The minimum Gasteiger partial charge on any atom is -0.384 e. The van der Waals surface area contributed by atoms with Gasteiger partial charge < -0.3 is 10.2 Å². The van der Waals surface area contributed by atoms with E-state index >= 15 is 0 Å². The third-order valence-corrected chi connectivity index (χ3v) is 3.39. The molecule has 1 heterocycles. The molecule has 1 aromatic carbocycles. The van der Waals surface area contributed by atoms with E-state index in [-0.39, 0.29) is 0 Å². The maximum absolute atomic E-state index is 5.85. The molecule has 1 aromatic heterocycles. The first-order chi connectivity index (χ1) is 9.74. The van der Waals surface area contributed by atoms with Crippen molar-refractivity contribution in [1.82, 2.24) is 9.88 Å². The van der Waals surface area contributed by atoms with Crippen molar-refractivity contribution >= 4 is 17.3 Å². The van der Waals surface area contributed by atoms with Crippen LogP contribution in [-0.4, -0.2) is 36.6 Å². The molecule has 0 saturated carbocycles. The summed E-state index contributed by atoms with van der Waals surface area (Å²) in [4.78, 5) is 6.64. The van der Waals surface area contributed by atoms with E-state index in [9.17, 15) is 0 Å². The fraction of sp³-hybridized carbons (Fsp3) is 0.312. The molecule has 2 aromatic rings. The molecule has 0 bridgehead atoms. The van der Waals surface area contributed by atoms with E-state index in [0.717, 1.165) is 42.5 Å². The van der Waals surface area contributed by atoms with Gasteiger partial charge in [-0.3, -0.25) is 4.98 Å². The number of rotatable bonds is 7. The highest BCUT2D eigenvalue weighted by Gasteiger charge is 2.00. The third kappa shape index (κ3) is 5.19. The van der Waals surface area contributed by atoms with E-state index in [1.807, 2.05) is 42.6 Å². The van der Waals surface area contributed by atoms with Crippen molar-refractivity contribution in [2.45, 2.75) is 6.42 Å². The Morgan fingerprint density at radius 3 is 2.60 bits per heavy atom. The van der Waals surface area contributed by atoms with Crippen LogP contribution in [0.4, 0.5) is 5.69 Å². The Morgan fingerprint density at radius 2 is 1.90 bits per heavy atom. The van der Waals surface area contributed by atoms with Crippen molar-refractivity contribution in [3.05, 3.63) is 59.4 Å². The Labute approximate surface area is 125 Å². The van der Waals surface area contributed by atoms with Crippen LogP contribution in [0.25, 0.3) is 0 Å². The molecule has 0 aliphatic heterocycles. The van der Waals surface area contributed by atoms with Crippen LogP contribution in [0.5, 0.6) is 0 Å². The van der Waals surface area contributed by atoms with Gasteiger partial charge in [-0.2, -0.15) is 0 Å². The van der Waals surface area contributed by atoms with Gasteiger partial charge in [0.25, 0.3) is 0 Å². The lowest BCUT2D eigenvalue weighted by Gasteiger charge is -2.17. The number of nitrogens with zero attached hydrogens (tertiary/aromatic N) is 2. The number of anilines is 1. The van der Waals surface area contributed by atoms with Gasteiger partial charge >= 0.3 is 0 Å². The molecule has 2 rings (SSSR count). The maximum atomic E-state index is 5.85. The normalized spacial score (nSPS) is 10.8. The molecule has 3 nitrogen and oxygen atoms in total. The van der Waals surface area contributed by atoms with Crippen LogP contribution in [0.1, 0.15) is 5.69 Å². The van der Waals surface area contributed by atoms with Crippen LogP contribution >= 0.6 is 11.6 Å². The molecule has 0 fully saturated rings. The Balaban J connectivity index is 1.65. The molecule has 20 heavy (non-hydrogen) atoms. The SMILES string of the molecule is CN(CCNc1ccc(Cl)cc1)CCc1ccccn1. The number of benzene rings is 1. The molecular formula is C16H20ClN3. The van der Waals surface area contributed by atoms with Gasteiger partial charge in [0, 0.05) is 48.7 Å². The van der Waals surface area contributed by atoms with Gasteiger partial charge in [0.05, 0.1) is 0 Å². The first-order valence-electron chi connectivity index (χ1n) is 6.82. The lowest BCUT2D eigenvalue weighted by molar-refractivity contribution is 0.350. The second kappa shape index (κ2) is 7.88. The molecule has 0 aliphatic carbocycles. The molecule has 0 unspecified atom stereocenters. The van der Waals surface area contributed by atoms with Crippen LogP contribution in [0.15, 0.2) is 48.7 Å². The van der Waals surface area contributed by atoms with Crippen molar-refractivity contribution in [2.75, 3.05) is 32.0 Å². The fourth-order valence-corrected chi connectivity index (χ4v) is 2.05. The summed E-state index contributed by atoms with van der Waals surface area (Å²) in [6.07, 6.45) is 2.83. The lowest BCUT2D eigenvalue weighted by Crippen LogP contribution is -2.27. The predicted octanol–water partition coefficient (Wildman–Crippen LogP) is 3.32. The quantitative estimate of drug-likeness (QED) is 0.847. The highest BCUT2D eigenvalue weighted by Crippen LogP contribution is 2.12. The molecule has 0 radical (unpaired) electrons. The highest BCUT2D eigenvalue weighted by molar-refractivity contribution is 6.30. The maximum Gasteiger partial charge on any atom is 0.0416 e. The smallest absolute Gasteiger partial charge is 0.0416 e. The summed E-state index contributed by atoms with van der Waals surface area (Å²) in [7, 11) is 2.13. The van der Waals surface area contributed by atoms with E-state index in [0.29, 0.717) is 0 Å². The lowest BCUT2D eigenvalue weighted by atomic mass is 10.2. The molecule has 0 spiro atoms. The number of hydrogen-bond acceptors (Lipinski definition) is 3. The van der Waals surface area contributed by atoms with Crippen molar-refractivity contribution in [3.63, 3.8) is 0 Å². The van der Waals surface area contributed by atoms with E-state index < -0.39 is 0 Å². The molecule has 1 N–H and O–H groups in total. The zero-order valence-corrected chi connectivity index (χ0v) is 12.5. The largest absolute Gasteiger partial charge is 0.384 e. The van der Waals surface area contributed by atoms with Gasteiger partial charge in [0.2, 0.25) is 0 Å². The van der Waals surface area contributed by atoms with Crippen LogP contribution in [0.2, 0.25) is 5.02 Å². The summed E-state index contributed by atoms with van der Waals surface area (Å²) in [5, 5.41) is 4.15. The first kappa shape index (κ1) is 14.8. The van der Waals surface area contributed by atoms with Gasteiger partial charge in [-0.25, -0.2) is 0 Å². The molecule has 0 aliphatic rings. The van der Waals surface area contributed by atoms with Crippen molar-refractivity contribution in [3.8, 4) is 0 Å². The first-order valence-corrected chi connectivity index (χ1v) is 7.20. The predicted molar refractivity (Wildman–Crippen MR) is 85.4 cm³/mol. The van der Waals surface area contributed by atoms with Gasteiger partial charge in [-0.1, -0.05) is 17.7 Å². The van der Waals surface area contributed by atoms with E-state index in [1.54, 1.807) is 0 Å². The standard InChI is InChI=1S/C16H20ClN3/c1-20(12-9-15-4-2-3-10-18-15)13-11-19-16-7-5-14(17)6-8-16/h2-8,10,19H,9,11-13H2,1H3. The van der Waals surface area contributed by atoms with Crippen molar-refractivity contribution in [1.29, 1.82) is 0 Å². The number of hydrogen-bond donors (Lipinski definition) is 1. The topological polar surface area (TPSA) is 28.2 Å². The minimum atomic E-state index is 0.767. The Bertz CT molecular complexity index is 499. The van der Waals surface area contributed by atoms with Crippen molar-refractivity contribution in [2.24, 2.45) is 0 Å². The van der Waals surface area contributed by atoms with Gasteiger partial charge in [0.1, 0.15) is 0 Å². The molecule has 4 heteroatoms. The Morgan fingerprint density at radius 1 is 1.10 bits per heavy atom. The fourth-order valence-electron chi connectivity index (χ4n) is 1.92.